The van der Waals surface area contributed by atoms with Gasteiger partial charge in [-0.2, -0.15) is 4.31 Å². The van der Waals surface area contributed by atoms with E-state index in [0.29, 0.717) is 31.0 Å². The zero-order valence-corrected chi connectivity index (χ0v) is 13.5. The summed E-state index contributed by atoms with van der Waals surface area (Å²) in [4.78, 5) is 12.0. The van der Waals surface area contributed by atoms with Crippen LogP contribution in [0.1, 0.15) is 49.9 Å². The zero-order chi connectivity index (χ0) is 15.5. The number of hydrogen-bond acceptors (Lipinski definition) is 3. The van der Waals surface area contributed by atoms with Crippen molar-refractivity contribution in [2.75, 3.05) is 13.1 Å². The molecule has 1 aromatic carbocycles. The monoisotopic (exact) mass is 309 g/mol. The van der Waals surface area contributed by atoms with Gasteiger partial charge in [0.15, 0.2) is 5.78 Å². The summed E-state index contributed by atoms with van der Waals surface area (Å²) in [5.74, 6) is 0.433. The maximum absolute atomic E-state index is 12.7. The number of hydrogen-bond donors (Lipinski definition) is 0. The molecule has 116 valence electrons. The van der Waals surface area contributed by atoms with Crippen LogP contribution in [-0.2, 0) is 10.0 Å². The fourth-order valence-corrected chi connectivity index (χ4v) is 4.42. The summed E-state index contributed by atoms with van der Waals surface area (Å²) in [5.41, 5.74) is 0.475. The van der Waals surface area contributed by atoms with Crippen LogP contribution >= 0.6 is 0 Å². The Hall–Kier alpha value is -1.20. The first-order valence-corrected chi connectivity index (χ1v) is 9.06. The van der Waals surface area contributed by atoms with Gasteiger partial charge >= 0.3 is 0 Å². The fraction of sp³-hybridized carbons (Fsp3) is 0.562. The van der Waals surface area contributed by atoms with Gasteiger partial charge in [-0.1, -0.05) is 32.4 Å². The van der Waals surface area contributed by atoms with E-state index in [0.717, 1.165) is 19.3 Å². The van der Waals surface area contributed by atoms with Gasteiger partial charge in [-0.3, -0.25) is 4.79 Å². The molecule has 1 saturated heterocycles. The van der Waals surface area contributed by atoms with E-state index in [1.54, 1.807) is 29.4 Å². The minimum Gasteiger partial charge on any atom is -0.294 e. The second-order valence-corrected chi connectivity index (χ2v) is 7.55. The Morgan fingerprint density at radius 2 is 2.10 bits per heavy atom. The van der Waals surface area contributed by atoms with Crippen LogP contribution < -0.4 is 0 Å². The van der Waals surface area contributed by atoms with Crippen LogP contribution in [0.25, 0.3) is 0 Å². The highest BCUT2D eigenvalue weighted by atomic mass is 32.2. The normalized spacial score (nSPS) is 19.8. The summed E-state index contributed by atoms with van der Waals surface area (Å²) in [6.45, 7) is 5.08. The molecule has 0 N–H and O–H groups in total. The summed E-state index contributed by atoms with van der Waals surface area (Å²) < 4.78 is 26.9. The summed E-state index contributed by atoms with van der Waals surface area (Å²) in [5, 5.41) is 0. The Bertz CT molecular complexity index is 610. The van der Waals surface area contributed by atoms with Gasteiger partial charge in [-0.05, 0) is 30.9 Å². The number of carbonyl (C=O) groups is 1. The summed E-state index contributed by atoms with van der Waals surface area (Å²) in [6.07, 6.45) is 3.46. The molecule has 1 aliphatic rings. The van der Waals surface area contributed by atoms with Crippen molar-refractivity contribution in [1.82, 2.24) is 4.31 Å². The predicted molar refractivity (Wildman–Crippen MR) is 82.8 cm³/mol. The molecule has 1 heterocycles. The molecule has 0 radical (unpaired) electrons. The number of carbonyl (C=O) groups excluding carboxylic acids is 1. The van der Waals surface area contributed by atoms with Gasteiger partial charge in [-0.15, -0.1) is 0 Å². The molecule has 0 aromatic heterocycles. The maximum Gasteiger partial charge on any atom is 0.243 e. The molecular formula is C16H23NO3S. The fourth-order valence-electron chi connectivity index (χ4n) is 2.84. The van der Waals surface area contributed by atoms with E-state index >= 15 is 0 Å². The van der Waals surface area contributed by atoms with Crippen LogP contribution in [-0.4, -0.2) is 31.6 Å². The van der Waals surface area contributed by atoms with Crippen molar-refractivity contribution >= 4 is 15.8 Å². The Morgan fingerprint density at radius 1 is 1.33 bits per heavy atom. The Kier molecular flexibility index (Phi) is 5.17. The van der Waals surface area contributed by atoms with Gasteiger partial charge in [0, 0.05) is 25.1 Å². The number of sulfonamides is 1. The molecule has 1 unspecified atom stereocenters. The number of ketones is 1. The van der Waals surface area contributed by atoms with Crippen molar-refractivity contribution in [2.45, 2.75) is 44.4 Å². The van der Waals surface area contributed by atoms with Crippen LogP contribution in [0, 0.1) is 5.92 Å². The van der Waals surface area contributed by atoms with E-state index in [1.165, 1.54) is 6.07 Å². The molecule has 1 fully saturated rings. The average Bonchev–Trinajstić information content (AvgIpc) is 2.96. The molecule has 4 nitrogen and oxygen atoms in total. The predicted octanol–water partition coefficient (Wildman–Crippen LogP) is 3.09. The highest BCUT2D eigenvalue weighted by Crippen LogP contribution is 2.27. The van der Waals surface area contributed by atoms with E-state index in [-0.39, 0.29) is 10.7 Å². The van der Waals surface area contributed by atoms with Crippen molar-refractivity contribution in [2.24, 2.45) is 5.92 Å². The third kappa shape index (κ3) is 3.52. The van der Waals surface area contributed by atoms with Gasteiger partial charge in [0.2, 0.25) is 10.0 Å². The topological polar surface area (TPSA) is 54.5 Å². The number of nitrogens with zero attached hydrogens (tertiary/aromatic N) is 1. The average molecular weight is 309 g/mol. The van der Waals surface area contributed by atoms with Crippen molar-refractivity contribution in [3.63, 3.8) is 0 Å². The Labute approximate surface area is 127 Å². The van der Waals surface area contributed by atoms with Crippen molar-refractivity contribution < 1.29 is 13.2 Å². The standard InChI is InChI=1S/C16H23NO3S/c1-3-6-13-9-10-17(12-13)21(19,20)15-8-5-7-14(11-15)16(18)4-2/h5,7-8,11,13H,3-4,6,9-10,12H2,1-2H3. The lowest BCUT2D eigenvalue weighted by atomic mass is 10.0. The summed E-state index contributed by atoms with van der Waals surface area (Å²) >= 11 is 0. The Balaban J connectivity index is 2.22. The number of rotatable bonds is 6. The molecule has 1 atom stereocenters. The summed E-state index contributed by atoms with van der Waals surface area (Å²) in [7, 11) is -3.47. The SMILES string of the molecule is CCCC1CCN(S(=O)(=O)c2cccc(C(=O)CC)c2)C1. The maximum atomic E-state index is 12.7. The lowest BCUT2D eigenvalue weighted by Crippen LogP contribution is -2.29. The molecule has 0 bridgehead atoms. The van der Waals surface area contributed by atoms with Gasteiger partial charge in [-0.25, -0.2) is 8.42 Å². The van der Waals surface area contributed by atoms with Gasteiger partial charge < -0.3 is 0 Å². The molecule has 5 heteroatoms. The van der Waals surface area contributed by atoms with E-state index in [4.69, 9.17) is 0 Å². The van der Waals surface area contributed by atoms with Crippen molar-refractivity contribution in [1.29, 1.82) is 0 Å². The zero-order valence-electron chi connectivity index (χ0n) is 12.7. The molecule has 21 heavy (non-hydrogen) atoms. The van der Waals surface area contributed by atoms with Crippen molar-refractivity contribution in [3.8, 4) is 0 Å². The van der Waals surface area contributed by atoms with Crippen LogP contribution in [0.3, 0.4) is 0 Å². The molecule has 0 aliphatic carbocycles. The number of benzene rings is 1. The first-order valence-electron chi connectivity index (χ1n) is 7.62. The van der Waals surface area contributed by atoms with Crippen LogP contribution in [0.5, 0.6) is 0 Å². The molecule has 0 amide bonds. The third-order valence-electron chi connectivity index (χ3n) is 4.06. The van der Waals surface area contributed by atoms with Gasteiger partial charge in [0.25, 0.3) is 0 Å². The number of Topliss-reactive ketones (excluding diaryl/α,β-unsaturated/α-hetero) is 1. The van der Waals surface area contributed by atoms with E-state index in [1.807, 2.05) is 0 Å². The molecular weight excluding hydrogens is 286 g/mol. The molecule has 2 rings (SSSR count). The highest BCUT2D eigenvalue weighted by Gasteiger charge is 2.32. The molecule has 0 spiro atoms. The smallest absolute Gasteiger partial charge is 0.243 e. The van der Waals surface area contributed by atoms with E-state index in [9.17, 15) is 13.2 Å². The van der Waals surface area contributed by atoms with Crippen molar-refractivity contribution in [3.05, 3.63) is 29.8 Å². The van der Waals surface area contributed by atoms with Gasteiger partial charge in [0.1, 0.15) is 0 Å². The second-order valence-electron chi connectivity index (χ2n) is 5.61. The lowest BCUT2D eigenvalue weighted by Gasteiger charge is -2.17. The first-order chi connectivity index (χ1) is 9.98. The molecule has 0 saturated carbocycles. The largest absolute Gasteiger partial charge is 0.294 e. The third-order valence-corrected chi connectivity index (χ3v) is 5.92. The minimum absolute atomic E-state index is 0.0302. The summed E-state index contributed by atoms with van der Waals surface area (Å²) in [6, 6.07) is 6.41. The minimum atomic E-state index is -3.47. The second kappa shape index (κ2) is 6.71. The highest BCUT2D eigenvalue weighted by molar-refractivity contribution is 7.89. The van der Waals surface area contributed by atoms with Gasteiger partial charge in [0.05, 0.1) is 4.90 Å². The lowest BCUT2D eigenvalue weighted by molar-refractivity contribution is 0.0988. The van der Waals surface area contributed by atoms with Crippen LogP contribution in [0.15, 0.2) is 29.2 Å². The van der Waals surface area contributed by atoms with Crippen LogP contribution in [0.4, 0.5) is 0 Å². The molecule has 1 aromatic rings. The quantitative estimate of drug-likeness (QED) is 0.759. The van der Waals surface area contributed by atoms with E-state index in [2.05, 4.69) is 6.92 Å². The first kappa shape index (κ1) is 16.2. The Morgan fingerprint density at radius 3 is 2.76 bits per heavy atom. The molecule has 1 aliphatic heterocycles. The van der Waals surface area contributed by atoms with Crippen LogP contribution in [0.2, 0.25) is 0 Å². The van der Waals surface area contributed by atoms with E-state index < -0.39 is 10.0 Å².